The molecule has 0 bridgehead atoms. The van der Waals surface area contributed by atoms with Crippen LogP contribution in [0.2, 0.25) is 10.0 Å². The van der Waals surface area contributed by atoms with Gasteiger partial charge in [0, 0.05) is 15.7 Å². The third-order valence-corrected chi connectivity index (χ3v) is 3.47. The van der Waals surface area contributed by atoms with Crippen molar-refractivity contribution in [3.8, 4) is 0 Å². The summed E-state index contributed by atoms with van der Waals surface area (Å²) in [6.07, 6.45) is 0. The Morgan fingerprint density at radius 1 is 0.952 bits per heavy atom. The summed E-state index contributed by atoms with van der Waals surface area (Å²) in [4.78, 5) is 12.0. The van der Waals surface area contributed by atoms with E-state index in [0.717, 1.165) is 11.1 Å². The minimum Gasteiger partial charge on any atom is -0.397 e. The van der Waals surface area contributed by atoms with Crippen molar-refractivity contribution in [3.05, 3.63) is 51.5 Å². The van der Waals surface area contributed by atoms with Gasteiger partial charge >= 0.3 is 6.03 Å². The molecule has 0 saturated carbocycles. The van der Waals surface area contributed by atoms with Gasteiger partial charge < -0.3 is 16.4 Å². The number of nitrogen functional groups attached to an aromatic ring is 1. The minimum atomic E-state index is -0.414. The van der Waals surface area contributed by atoms with E-state index in [0.29, 0.717) is 27.1 Å². The molecular weight excluding hydrogens is 309 g/mol. The molecule has 0 aliphatic rings. The lowest BCUT2D eigenvalue weighted by atomic mass is 10.1. The summed E-state index contributed by atoms with van der Waals surface area (Å²) < 4.78 is 0. The number of urea groups is 1. The highest BCUT2D eigenvalue weighted by molar-refractivity contribution is 6.35. The number of nitrogens with two attached hydrogens (primary N) is 1. The summed E-state index contributed by atoms with van der Waals surface area (Å²) in [6.45, 7) is 3.91. The molecule has 21 heavy (non-hydrogen) atoms. The first-order valence-corrected chi connectivity index (χ1v) is 7.01. The van der Waals surface area contributed by atoms with Gasteiger partial charge in [0.2, 0.25) is 0 Å². The quantitative estimate of drug-likeness (QED) is 0.692. The Morgan fingerprint density at radius 3 is 2.14 bits per heavy atom. The van der Waals surface area contributed by atoms with Crippen LogP contribution in [0.3, 0.4) is 0 Å². The SMILES string of the molecule is Cc1cc(N)c(NC(=O)Nc2cc(Cl)cc(Cl)c2)cc1C. The fourth-order valence-electron chi connectivity index (χ4n) is 1.86. The number of carbonyl (C=O) groups is 1. The Kier molecular flexibility index (Phi) is 4.60. The number of aryl methyl sites for hydroxylation is 2. The zero-order valence-corrected chi connectivity index (χ0v) is 13.1. The lowest BCUT2D eigenvalue weighted by molar-refractivity contribution is 0.262. The van der Waals surface area contributed by atoms with Gasteiger partial charge in [0.25, 0.3) is 0 Å². The van der Waals surface area contributed by atoms with E-state index in [2.05, 4.69) is 10.6 Å². The average Bonchev–Trinajstić information content (AvgIpc) is 2.34. The van der Waals surface area contributed by atoms with E-state index in [9.17, 15) is 4.79 Å². The fraction of sp³-hybridized carbons (Fsp3) is 0.133. The summed E-state index contributed by atoms with van der Waals surface area (Å²) in [6, 6.07) is 8.04. The minimum absolute atomic E-state index is 0.414. The highest BCUT2D eigenvalue weighted by Crippen LogP contribution is 2.25. The largest absolute Gasteiger partial charge is 0.397 e. The molecule has 2 aromatic carbocycles. The molecule has 0 saturated heterocycles. The first-order chi connectivity index (χ1) is 9.85. The van der Waals surface area contributed by atoms with Crippen LogP contribution < -0.4 is 16.4 Å². The zero-order chi connectivity index (χ0) is 15.6. The van der Waals surface area contributed by atoms with Gasteiger partial charge in [-0.25, -0.2) is 4.79 Å². The fourth-order valence-corrected chi connectivity index (χ4v) is 2.38. The number of carbonyl (C=O) groups excluding carboxylic acids is 1. The van der Waals surface area contributed by atoms with Gasteiger partial charge in [-0.05, 0) is 55.3 Å². The molecule has 2 amide bonds. The first-order valence-electron chi connectivity index (χ1n) is 6.26. The second-order valence-electron chi connectivity index (χ2n) is 4.76. The van der Waals surface area contributed by atoms with Crippen molar-refractivity contribution in [1.29, 1.82) is 0 Å². The number of anilines is 3. The monoisotopic (exact) mass is 323 g/mol. The average molecular weight is 324 g/mol. The highest BCUT2D eigenvalue weighted by Gasteiger charge is 2.08. The molecule has 6 heteroatoms. The summed E-state index contributed by atoms with van der Waals surface area (Å²) in [5.41, 5.74) is 9.59. The molecule has 0 spiro atoms. The van der Waals surface area contributed by atoms with E-state index in [1.54, 1.807) is 18.2 Å². The van der Waals surface area contributed by atoms with Crippen LogP contribution in [0.25, 0.3) is 0 Å². The van der Waals surface area contributed by atoms with Crippen LogP contribution in [0.15, 0.2) is 30.3 Å². The van der Waals surface area contributed by atoms with Crippen molar-refractivity contribution in [3.63, 3.8) is 0 Å². The Balaban J connectivity index is 2.13. The molecule has 110 valence electrons. The van der Waals surface area contributed by atoms with Crippen molar-refractivity contribution in [2.75, 3.05) is 16.4 Å². The van der Waals surface area contributed by atoms with E-state index in [4.69, 9.17) is 28.9 Å². The van der Waals surface area contributed by atoms with E-state index in [1.807, 2.05) is 26.0 Å². The predicted octanol–water partition coefficient (Wildman–Crippen LogP) is 4.84. The van der Waals surface area contributed by atoms with Crippen LogP contribution in [0.5, 0.6) is 0 Å². The van der Waals surface area contributed by atoms with Gasteiger partial charge in [-0.1, -0.05) is 23.2 Å². The summed E-state index contributed by atoms with van der Waals surface area (Å²) in [5.74, 6) is 0. The topological polar surface area (TPSA) is 67.1 Å². The second kappa shape index (κ2) is 6.24. The van der Waals surface area contributed by atoms with E-state index in [-0.39, 0.29) is 0 Å². The predicted molar refractivity (Wildman–Crippen MR) is 89.4 cm³/mol. The Labute approximate surface area is 133 Å². The van der Waals surface area contributed by atoms with Gasteiger partial charge in [0.05, 0.1) is 11.4 Å². The van der Waals surface area contributed by atoms with E-state index in [1.165, 1.54) is 0 Å². The van der Waals surface area contributed by atoms with Crippen LogP contribution in [0.4, 0.5) is 21.9 Å². The number of benzene rings is 2. The number of nitrogens with one attached hydrogen (secondary N) is 2. The van der Waals surface area contributed by atoms with Gasteiger partial charge in [-0.15, -0.1) is 0 Å². The molecule has 2 aromatic rings. The van der Waals surface area contributed by atoms with Gasteiger partial charge in [-0.2, -0.15) is 0 Å². The summed E-state index contributed by atoms with van der Waals surface area (Å²) in [7, 11) is 0. The van der Waals surface area contributed by atoms with Crippen molar-refractivity contribution < 1.29 is 4.79 Å². The Bertz CT molecular complexity index is 681. The number of amides is 2. The molecule has 0 unspecified atom stereocenters. The molecule has 0 heterocycles. The molecule has 0 atom stereocenters. The third kappa shape index (κ3) is 4.03. The molecule has 4 N–H and O–H groups in total. The molecule has 0 aromatic heterocycles. The number of halogens is 2. The summed E-state index contributed by atoms with van der Waals surface area (Å²) >= 11 is 11.8. The number of rotatable bonds is 2. The van der Waals surface area contributed by atoms with Crippen molar-refractivity contribution in [2.24, 2.45) is 0 Å². The number of hydrogen-bond donors (Lipinski definition) is 3. The third-order valence-electron chi connectivity index (χ3n) is 3.03. The molecule has 2 rings (SSSR count). The zero-order valence-electron chi connectivity index (χ0n) is 11.6. The van der Waals surface area contributed by atoms with E-state index < -0.39 is 6.03 Å². The maximum Gasteiger partial charge on any atom is 0.323 e. The lowest BCUT2D eigenvalue weighted by Gasteiger charge is -2.12. The maximum absolute atomic E-state index is 12.0. The molecule has 0 radical (unpaired) electrons. The Hall–Kier alpha value is -1.91. The normalized spacial score (nSPS) is 10.3. The lowest BCUT2D eigenvalue weighted by Crippen LogP contribution is -2.20. The molecule has 0 fully saturated rings. The standard InChI is InChI=1S/C15H15Cl2N3O/c1-8-3-13(18)14(4-9(8)2)20-15(21)19-12-6-10(16)5-11(17)7-12/h3-7H,18H2,1-2H3,(H2,19,20,21). The first kappa shape index (κ1) is 15.5. The van der Waals surface area contributed by atoms with Crippen molar-refractivity contribution in [1.82, 2.24) is 0 Å². The van der Waals surface area contributed by atoms with Crippen LogP contribution in [-0.2, 0) is 0 Å². The van der Waals surface area contributed by atoms with Crippen molar-refractivity contribution in [2.45, 2.75) is 13.8 Å². The Morgan fingerprint density at radius 2 is 1.52 bits per heavy atom. The number of hydrogen-bond acceptors (Lipinski definition) is 2. The van der Waals surface area contributed by atoms with Crippen molar-refractivity contribution >= 4 is 46.3 Å². The van der Waals surface area contributed by atoms with Crippen LogP contribution in [0, 0.1) is 13.8 Å². The van der Waals surface area contributed by atoms with Gasteiger partial charge in [-0.3, -0.25) is 0 Å². The van der Waals surface area contributed by atoms with Crippen LogP contribution in [0.1, 0.15) is 11.1 Å². The van der Waals surface area contributed by atoms with Crippen LogP contribution in [-0.4, -0.2) is 6.03 Å². The highest BCUT2D eigenvalue weighted by atomic mass is 35.5. The smallest absolute Gasteiger partial charge is 0.323 e. The van der Waals surface area contributed by atoms with Gasteiger partial charge in [0.1, 0.15) is 0 Å². The van der Waals surface area contributed by atoms with Gasteiger partial charge in [0.15, 0.2) is 0 Å². The summed E-state index contributed by atoms with van der Waals surface area (Å²) in [5, 5.41) is 6.26. The second-order valence-corrected chi connectivity index (χ2v) is 5.63. The molecular formula is C15H15Cl2N3O. The van der Waals surface area contributed by atoms with E-state index >= 15 is 0 Å². The maximum atomic E-state index is 12.0. The molecule has 0 aliphatic carbocycles. The van der Waals surface area contributed by atoms with Crippen LogP contribution >= 0.6 is 23.2 Å². The molecule has 4 nitrogen and oxygen atoms in total. The molecule has 0 aliphatic heterocycles.